The first-order valence-corrected chi connectivity index (χ1v) is 7.38. The number of methoxy groups -OCH3 is 3. The van der Waals surface area contributed by atoms with Crippen LogP contribution in [0.25, 0.3) is 0 Å². The van der Waals surface area contributed by atoms with E-state index in [0.717, 1.165) is 11.1 Å². The molecule has 23 heavy (non-hydrogen) atoms. The van der Waals surface area contributed by atoms with Crippen molar-refractivity contribution in [2.45, 2.75) is 12.0 Å². The highest BCUT2D eigenvalue weighted by atomic mass is 16.5. The van der Waals surface area contributed by atoms with Crippen LogP contribution in [0.1, 0.15) is 23.1 Å². The van der Waals surface area contributed by atoms with E-state index in [0.29, 0.717) is 29.6 Å². The molecule has 3 rings (SSSR count). The van der Waals surface area contributed by atoms with Crippen LogP contribution in [-0.2, 0) is 0 Å². The summed E-state index contributed by atoms with van der Waals surface area (Å²) in [6.45, 7) is 0.386. The molecule has 1 heterocycles. The fraction of sp³-hybridized carbons (Fsp3) is 0.333. The summed E-state index contributed by atoms with van der Waals surface area (Å²) in [5, 5.41) is 10.7. The summed E-state index contributed by atoms with van der Waals surface area (Å²) in [5.74, 6) is 2.50. The lowest BCUT2D eigenvalue weighted by Gasteiger charge is -2.31. The first-order valence-electron chi connectivity index (χ1n) is 7.38. The molecule has 2 unspecified atom stereocenters. The first-order chi connectivity index (χ1) is 11.2. The van der Waals surface area contributed by atoms with Gasteiger partial charge in [0, 0.05) is 17.5 Å². The summed E-state index contributed by atoms with van der Waals surface area (Å²) in [6.07, 6.45) is -0.650. The molecule has 122 valence electrons. The Bertz CT molecular complexity index is 698. The predicted octanol–water partition coefficient (Wildman–Crippen LogP) is 2.92. The van der Waals surface area contributed by atoms with E-state index in [4.69, 9.17) is 18.9 Å². The third-order valence-electron chi connectivity index (χ3n) is 4.17. The second-order valence-electron chi connectivity index (χ2n) is 5.38. The van der Waals surface area contributed by atoms with Gasteiger partial charge < -0.3 is 24.1 Å². The van der Waals surface area contributed by atoms with Crippen LogP contribution < -0.4 is 18.9 Å². The molecule has 0 amide bonds. The molecule has 2 aromatic carbocycles. The predicted molar refractivity (Wildman–Crippen MR) is 85.7 cm³/mol. The average Bonchev–Trinajstić information content (AvgIpc) is 2.61. The summed E-state index contributed by atoms with van der Waals surface area (Å²) in [5.41, 5.74) is 1.70. The summed E-state index contributed by atoms with van der Waals surface area (Å²) < 4.78 is 21.6. The minimum Gasteiger partial charge on any atom is -0.497 e. The van der Waals surface area contributed by atoms with Gasteiger partial charge in [0.1, 0.15) is 11.5 Å². The Kier molecular flexibility index (Phi) is 4.30. The van der Waals surface area contributed by atoms with Crippen LogP contribution in [0.15, 0.2) is 36.4 Å². The third-order valence-corrected chi connectivity index (χ3v) is 4.17. The minimum absolute atomic E-state index is 0.171. The van der Waals surface area contributed by atoms with Gasteiger partial charge in [-0.2, -0.15) is 0 Å². The van der Waals surface area contributed by atoms with Gasteiger partial charge in [-0.3, -0.25) is 0 Å². The second kappa shape index (κ2) is 6.38. The molecule has 1 aliphatic heterocycles. The standard InChI is InChI=1S/C18H20O5/c1-20-12-5-6-13-16(9-12)23-10-14(18(13)19)11-4-7-15(21-2)17(8-11)22-3/h4-9,14,18-19H,10H2,1-3H3. The molecule has 0 saturated carbocycles. The van der Waals surface area contributed by atoms with Crippen LogP contribution in [0.2, 0.25) is 0 Å². The quantitative estimate of drug-likeness (QED) is 0.940. The van der Waals surface area contributed by atoms with Crippen molar-refractivity contribution in [1.29, 1.82) is 0 Å². The SMILES string of the molecule is COc1ccc2c(c1)OCC(c1ccc(OC)c(OC)c1)C2O. The Balaban J connectivity index is 1.93. The van der Waals surface area contributed by atoms with Crippen LogP contribution in [0.4, 0.5) is 0 Å². The Morgan fingerprint density at radius 2 is 1.74 bits per heavy atom. The van der Waals surface area contributed by atoms with Gasteiger partial charge in [0.2, 0.25) is 0 Å². The number of hydrogen-bond acceptors (Lipinski definition) is 5. The molecule has 2 atom stereocenters. The number of rotatable bonds is 4. The van der Waals surface area contributed by atoms with Crippen LogP contribution >= 0.6 is 0 Å². The van der Waals surface area contributed by atoms with E-state index in [-0.39, 0.29) is 5.92 Å². The van der Waals surface area contributed by atoms with Crippen molar-refractivity contribution in [3.8, 4) is 23.0 Å². The summed E-state index contributed by atoms with van der Waals surface area (Å²) in [7, 11) is 4.80. The molecule has 1 N–H and O–H groups in total. The van der Waals surface area contributed by atoms with E-state index in [1.807, 2.05) is 30.3 Å². The van der Waals surface area contributed by atoms with Gasteiger partial charge in [0.05, 0.1) is 34.0 Å². The van der Waals surface area contributed by atoms with Gasteiger partial charge in [-0.1, -0.05) is 6.07 Å². The zero-order chi connectivity index (χ0) is 16.4. The minimum atomic E-state index is -0.650. The van der Waals surface area contributed by atoms with Gasteiger partial charge in [0.15, 0.2) is 11.5 Å². The van der Waals surface area contributed by atoms with Crippen LogP contribution in [0.5, 0.6) is 23.0 Å². The monoisotopic (exact) mass is 316 g/mol. The molecular formula is C18H20O5. The molecule has 0 fully saturated rings. The van der Waals surface area contributed by atoms with Crippen LogP contribution in [0.3, 0.4) is 0 Å². The van der Waals surface area contributed by atoms with Gasteiger partial charge in [-0.15, -0.1) is 0 Å². The Labute approximate surface area is 135 Å². The number of fused-ring (bicyclic) bond motifs is 1. The van der Waals surface area contributed by atoms with Gasteiger partial charge in [-0.25, -0.2) is 0 Å². The first kappa shape index (κ1) is 15.5. The molecule has 0 aliphatic carbocycles. The molecule has 0 bridgehead atoms. The molecule has 0 saturated heterocycles. The van der Waals surface area contributed by atoms with E-state index in [1.165, 1.54) is 0 Å². The summed E-state index contributed by atoms with van der Waals surface area (Å²) in [4.78, 5) is 0. The van der Waals surface area contributed by atoms with Crippen molar-refractivity contribution in [3.63, 3.8) is 0 Å². The van der Waals surface area contributed by atoms with Crippen LogP contribution in [0, 0.1) is 0 Å². The van der Waals surface area contributed by atoms with Gasteiger partial charge >= 0.3 is 0 Å². The molecule has 1 aliphatic rings. The number of ether oxygens (including phenoxy) is 4. The molecule has 2 aromatic rings. The maximum Gasteiger partial charge on any atom is 0.161 e. The van der Waals surface area contributed by atoms with E-state index in [1.54, 1.807) is 27.4 Å². The summed E-state index contributed by atoms with van der Waals surface area (Å²) in [6, 6.07) is 11.1. The van der Waals surface area contributed by atoms with Crippen molar-refractivity contribution in [2.75, 3.05) is 27.9 Å². The number of aliphatic hydroxyl groups is 1. The van der Waals surface area contributed by atoms with Crippen molar-refractivity contribution in [1.82, 2.24) is 0 Å². The maximum atomic E-state index is 10.7. The Morgan fingerprint density at radius 3 is 2.43 bits per heavy atom. The van der Waals surface area contributed by atoms with Crippen molar-refractivity contribution < 1.29 is 24.1 Å². The Morgan fingerprint density at radius 1 is 0.957 bits per heavy atom. The Hall–Kier alpha value is -2.40. The van der Waals surface area contributed by atoms with Crippen molar-refractivity contribution >= 4 is 0 Å². The van der Waals surface area contributed by atoms with E-state index in [2.05, 4.69) is 0 Å². The average molecular weight is 316 g/mol. The molecule has 0 spiro atoms. The zero-order valence-electron chi connectivity index (χ0n) is 13.4. The van der Waals surface area contributed by atoms with Gasteiger partial charge in [-0.05, 0) is 29.8 Å². The van der Waals surface area contributed by atoms with Crippen molar-refractivity contribution in [2.24, 2.45) is 0 Å². The topological polar surface area (TPSA) is 57.2 Å². The van der Waals surface area contributed by atoms with E-state index >= 15 is 0 Å². The van der Waals surface area contributed by atoms with Crippen molar-refractivity contribution in [3.05, 3.63) is 47.5 Å². The molecular weight excluding hydrogens is 296 g/mol. The zero-order valence-corrected chi connectivity index (χ0v) is 13.4. The van der Waals surface area contributed by atoms with E-state index < -0.39 is 6.10 Å². The highest BCUT2D eigenvalue weighted by molar-refractivity contribution is 5.48. The highest BCUT2D eigenvalue weighted by Gasteiger charge is 2.31. The fourth-order valence-electron chi connectivity index (χ4n) is 2.86. The fourth-order valence-corrected chi connectivity index (χ4v) is 2.86. The highest BCUT2D eigenvalue weighted by Crippen LogP contribution is 2.43. The number of aliphatic hydroxyl groups excluding tert-OH is 1. The number of benzene rings is 2. The molecule has 0 aromatic heterocycles. The van der Waals surface area contributed by atoms with Gasteiger partial charge in [0.25, 0.3) is 0 Å². The smallest absolute Gasteiger partial charge is 0.161 e. The third kappa shape index (κ3) is 2.80. The molecule has 5 heteroatoms. The number of hydrogen-bond donors (Lipinski definition) is 1. The normalized spacial score (nSPS) is 19.5. The maximum absolute atomic E-state index is 10.7. The van der Waals surface area contributed by atoms with E-state index in [9.17, 15) is 5.11 Å². The molecule has 0 radical (unpaired) electrons. The summed E-state index contributed by atoms with van der Waals surface area (Å²) >= 11 is 0. The second-order valence-corrected chi connectivity index (χ2v) is 5.38. The largest absolute Gasteiger partial charge is 0.497 e. The lowest BCUT2D eigenvalue weighted by Crippen LogP contribution is -2.24. The lowest BCUT2D eigenvalue weighted by molar-refractivity contribution is 0.0886. The lowest BCUT2D eigenvalue weighted by atomic mass is 9.87. The molecule has 5 nitrogen and oxygen atoms in total. The van der Waals surface area contributed by atoms with Crippen LogP contribution in [-0.4, -0.2) is 33.0 Å².